The number of pyridine rings is 2. The SMILES string of the molecule is CNC(=O)C[C@@H]1CN(C(=O)c2cncc3cccnc23)CCN1C(c1ccccc1)c1ccccc1. The van der Waals surface area contributed by atoms with Crippen molar-refractivity contribution in [3.8, 4) is 0 Å². The maximum absolute atomic E-state index is 13.7. The summed E-state index contributed by atoms with van der Waals surface area (Å²) in [5.41, 5.74) is 3.46. The molecule has 1 aliphatic heterocycles. The lowest BCUT2D eigenvalue weighted by Gasteiger charge is -2.45. The van der Waals surface area contributed by atoms with Gasteiger partial charge in [-0.1, -0.05) is 60.7 Å². The van der Waals surface area contributed by atoms with E-state index in [2.05, 4.69) is 44.5 Å². The second kappa shape index (κ2) is 10.7. The van der Waals surface area contributed by atoms with Crippen LogP contribution < -0.4 is 5.32 Å². The number of rotatable bonds is 6. The lowest BCUT2D eigenvalue weighted by Crippen LogP contribution is -2.56. The summed E-state index contributed by atoms with van der Waals surface area (Å²) in [6.45, 7) is 1.61. The van der Waals surface area contributed by atoms with Gasteiger partial charge in [-0.15, -0.1) is 0 Å². The van der Waals surface area contributed by atoms with Crippen LogP contribution in [-0.4, -0.2) is 64.3 Å². The number of aromatic nitrogens is 2. The van der Waals surface area contributed by atoms with Crippen molar-refractivity contribution in [2.45, 2.75) is 18.5 Å². The van der Waals surface area contributed by atoms with E-state index in [0.29, 0.717) is 37.1 Å². The molecule has 1 atom stereocenters. The van der Waals surface area contributed by atoms with Gasteiger partial charge >= 0.3 is 0 Å². The molecule has 7 heteroatoms. The van der Waals surface area contributed by atoms with Gasteiger partial charge in [0, 0.05) is 63.1 Å². The Morgan fingerprint density at radius 2 is 1.64 bits per heavy atom. The molecule has 0 radical (unpaired) electrons. The van der Waals surface area contributed by atoms with Gasteiger partial charge in [-0.05, 0) is 23.3 Å². The number of hydrogen-bond donors (Lipinski definition) is 1. The highest BCUT2D eigenvalue weighted by atomic mass is 16.2. The fraction of sp³-hybridized carbons (Fsp3) is 0.241. The van der Waals surface area contributed by atoms with Crippen molar-refractivity contribution in [2.24, 2.45) is 0 Å². The number of benzene rings is 2. The number of carbonyl (C=O) groups excluding carboxylic acids is 2. The van der Waals surface area contributed by atoms with Crippen molar-refractivity contribution in [1.82, 2.24) is 25.1 Å². The average Bonchev–Trinajstić information content (AvgIpc) is 2.94. The van der Waals surface area contributed by atoms with Crippen molar-refractivity contribution < 1.29 is 9.59 Å². The molecule has 3 heterocycles. The van der Waals surface area contributed by atoms with Crippen LogP contribution >= 0.6 is 0 Å². The topological polar surface area (TPSA) is 78.4 Å². The number of carbonyl (C=O) groups is 2. The van der Waals surface area contributed by atoms with Gasteiger partial charge < -0.3 is 10.2 Å². The molecule has 5 rings (SSSR count). The van der Waals surface area contributed by atoms with Crippen LogP contribution in [0, 0.1) is 0 Å². The summed E-state index contributed by atoms with van der Waals surface area (Å²) in [4.78, 5) is 39.1. The van der Waals surface area contributed by atoms with Crippen LogP contribution in [0.3, 0.4) is 0 Å². The molecule has 0 saturated carbocycles. The van der Waals surface area contributed by atoms with Gasteiger partial charge in [0.25, 0.3) is 5.91 Å². The molecule has 2 aromatic heterocycles. The number of fused-ring (bicyclic) bond motifs is 1. The highest BCUT2D eigenvalue weighted by Gasteiger charge is 2.36. The van der Waals surface area contributed by atoms with Gasteiger partial charge in [0.15, 0.2) is 0 Å². The van der Waals surface area contributed by atoms with Gasteiger partial charge in [0.05, 0.1) is 17.1 Å². The first kappa shape index (κ1) is 23.6. The van der Waals surface area contributed by atoms with Crippen molar-refractivity contribution in [3.63, 3.8) is 0 Å². The fourth-order valence-electron chi connectivity index (χ4n) is 5.06. The van der Waals surface area contributed by atoms with E-state index >= 15 is 0 Å². The van der Waals surface area contributed by atoms with E-state index in [9.17, 15) is 9.59 Å². The predicted molar refractivity (Wildman–Crippen MR) is 139 cm³/mol. The van der Waals surface area contributed by atoms with Crippen LogP contribution in [0.2, 0.25) is 0 Å². The maximum atomic E-state index is 13.7. The average molecular weight is 480 g/mol. The zero-order chi connectivity index (χ0) is 24.9. The predicted octanol–water partition coefficient (Wildman–Crippen LogP) is 3.68. The molecule has 0 aliphatic carbocycles. The van der Waals surface area contributed by atoms with Crippen molar-refractivity contribution >= 4 is 22.7 Å². The molecule has 1 aliphatic rings. The third kappa shape index (κ3) is 4.83. The molecule has 0 bridgehead atoms. The largest absolute Gasteiger partial charge is 0.359 e. The number of nitrogens with zero attached hydrogens (tertiary/aromatic N) is 4. The first-order chi connectivity index (χ1) is 17.7. The van der Waals surface area contributed by atoms with Gasteiger partial charge in [0.2, 0.25) is 5.91 Å². The molecule has 1 saturated heterocycles. The lowest BCUT2D eigenvalue weighted by atomic mass is 9.93. The molecule has 2 amide bonds. The van der Waals surface area contributed by atoms with Crippen LogP contribution in [0.25, 0.3) is 10.9 Å². The lowest BCUT2D eigenvalue weighted by molar-refractivity contribution is -0.122. The molecular formula is C29H29N5O2. The van der Waals surface area contributed by atoms with E-state index in [1.54, 1.807) is 25.6 Å². The minimum Gasteiger partial charge on any atom is -0.359 e. The van der Waals surface area contributed by atoms with E-state index in [4.69, 9.17) is 0 Å². The van der Waals surface area contributed by atoms with Crippen LogP contribution in [0.4, 0.5) is 0 Å². The standard InChI is InChI=1S/C29H29N5O2/c1-30-26(35)17-24-20-33(29(36)25-19-31-18-23-13-8-14-32-27(23)25)15-16-34(24)28(21-9-4-2-5-10-21)22-11-6-3-7-12-22/h2-14,18-19,24,28H,15-17,20H2,1H3,(H,30,35)/t24-/m1/s1. The van der Waals surface area contributed by atoms with Crippen LogP contribution in [-0.2, 0) is 4.79 Å². The quantitative estimate of drug-likeness (QED) is 0.457. The summed E-state index contributed by atoms with van der Waals surface area (Å²) in [6, 6.07) is 24.2. The maximum Gasteiger partial charge on any atom is 0.257 e. The summed E-state index contributed by atoms with van der Waals surface area (Å²) in [6.07, 6.45) is 5.29. The molecule has 7 nitrogen and oxygen atoms in total. The summed E-state index contributed by atoms with van der Waals surface area (Å²) in [5, 5.41) is 3.59. The Bertz CT molecular complexity index is 1300. The minimum absolute atomic E-state index is 0.0276. The van der Waals surface area contributed by atoms with E-state index < -0.39 is 0 Å². The number of piperazine rings is 1. The molecule has 1 N–H and O–H groups in total. The number of amides is 2. The molecular weight excluding hydrogens is 450 g/mol. The van der Waals surface area contributed by atoms with Crippen LogP contribution in [0.15, 0.2) is 91.4 Å². The Morgan fingerprint density at radius 1 is 0.944 bits per heavy atom. The first-order valence-electron chi connectivity index (χ1n) is 12.2. The molecule has 0 spiro atoms. The summed E-state index contributed by atoms with van der Waals surface area (Å²) in [5.74, 6) is -0.156. The molecule has 1 fully saturated rings. The molecule has 36 heavy (non-hydrogen) atoms. The molecule has 182 valence electrons. The third-order valence-electron chi connectivity index (χ3n) is 6.82. The fourth-order valence-corrected chi connectivity index (χ4v) is 5.06. The van der Waals surface area contributed by atoms with Crippen molar-refractivity contribution in [3.05, 3.63) is 108 Å². The van der Waals surface area contributed by atoms with Gasteiger partial charge in [-0.3, -0.25) is 24.5 Å². The van der Waals surface area contributed by atoms with Crippen molar-refractivity contribution in [1.29, 1.82) is 0 Å². The van der Waals surface area contributed by atoms with Gasteiger partial charge in [-0.25, -0.2) is 0 Å². The zero-order valence-corrected chi connectivity index (χ0v) is 20.2. The highest BCUT2D eigenvalue weighted by Crippen LogP contribution is 2.33. The molecule has 0 unspecified atom stereocenters. The Labute approximate surface area is 210 Å². The van der Waals surface area contributed by atoms with Crippen LogP contribution in [0.5, 0.6) is 0 Å². The minimum atomic E-state index is -0.163. The molecule has 2 aromatic carbocycles. The molecule has 4 aromatic rings. The highest BCUT2D eigenvalue weighted by molar-refractivity contribution is 6.04. The normalized spacial score (nSPS) is 16.3. The third-order valence-corrected chi connectivity index (χ3v) is 6.82. The van der Waals surface area contributed by atoms with E-state index in [1.165, 1.54) is 0 Å². The summed E-state index contributed by atoms with van der Waals surface area (Å²) in [7, 11) is 1.65. The number of hydrogen-bond acceptors (Lipinski definition) is 5. The first-order valence-corrected chi connectivity index (χ1v) is 12.2. The Hall–Kier alpha value is -4.10. The van der Waals surface area contributed by atoms with E-state index in [-0.39, 0.29) is 23.9 Å². The second-order valence-corrected chi connectivity index (χ2v) is 9.01. The Kier molecular flexibility index (Phi) is 7.00. The number of nitrogens with one attached hydrogen (secondary N) is 1. The summed E-state index contributed by atoms with van der Waals surface area (Å²) < 4.78 is 0. The Morgan fingerprint density at radius 3 is 2.31 bits per heavy atom. The van der Waals surface area contributed by atoms with E-state index in [1.807, 2.05) is 53.4 Å². The summed E-state index contributed by atoms with van der Waals surface area (Å²) >= 11 is 0. The van der Waals surface area contributed by atoms with Crippen molar-refractivity contribution in [2.75, 3.05) is 26.7 Å². The van der Waals surface area contributed by atoms with E-state index in [0.717, 1.165) is 16.5 Å². The van der Waals surface area contributed by atoms with Gasteiger partial charge in [-0.2, -0.15) is 0 Å². The zero-order valence-electron chi connectivity index (χ0n) is 20.2. The van der Waals surface area contributed by atoms with Gasteiger partial charge in [0.1, 0.15) is 0 Å². The smallest absolute Gasteiger partial charge is 0.257 e. The monoisotopic (exact) mass is 479 g/mol. The van der Waals surface area contributed by atoms with Crippen LogP contribution in [0.1, 0.15) is 33.9 Å². The second-order valence-electron chi connectivity index (χ2n) is 9.01. The Balaban J connectivity index is 1.48.